The molecule has 0 bridgehead atoms. The van der Waals surface area contributed by atoms with E-state index in [0.717, 1.165) is 25.9 Å². The second-order valence-corrected chi connectivity index (χ2v) is 6.02. The Hall–Kier alpha value is -1.00. The van der Waals surface area contributed by atoms with Crippen LogP contribution in [-0.4, -0.2) is 30.1 Å². The summed E-state index contributed by atoms with van der Waals surface area (Å²) in [6.45, 7) is 2.47. The summed E-state index contributed by atoms with van der Waals surface area (Å²) in [5.74, 6) is -1.43. The first kappa shape index (κ1) is 14.0. The van der Waals surface area contributed by atoms with E-state index >= 15 is 0 Å². The molecular formula is C16H22F2N2. The highest BCUT2D eigenvalue weighted by molar-refractivity contribution is 5.19. The lowest BCUT2D eigenvalue weighted by atomic mass is 10.0. The highest BCUT2D eigenvalue weighted by Gasteiger charge is 2.27. The van der Waals surface area contributed by atoms with Gasteiger partial charge in [-0.3, -0.25) is 4.90 Å². The molecule has 0 amide bonds. The van der Waals surface area contributed by atoms with Gasteiger partial charge in [0.25, 0.3) is 0 Å². The van der Waals surface area contributed by atoms with Crippen molar-refractivity contribution in [2.45, 2.75) is 50.7 Å². The van der Waals surface area contributed by atoms with Crippen LogP contribution in [-0.2, 0) is 6.54 Å². The van der Waals surface area contributed by atoms with E-state index in [1.807, 2.05) is 0 Å². The van der Waals surface area contributed by atoms with Crippen molar-refractivity contribution in [1.82, 2.24) is 10.2 Å². The van der Waals surface area contributed by atoms with Gasteiger partial charge in [0.1, 0.15) is 0 Å². The van der Waals surface area contributed by atoms with Gasteiger partial charge in [-0.15, -0.1) is 0 Å². The van der Waals surface area contributed by atoms with Crippen molar-refractivity contribution in [2.75, 3.05) is 13.1 Å². The van der Waals surface area contributed by atoms with Crippen LogP contribution in [0.2, 0.25) is 0 Å². The summed E-state index contributed by atoms with van der Waals surface area (Å²) in [5, 5.41) is 3.56. The lowest BCUT2D eigenvalue weighted by Gasteiger charge is -2.36. The van der Waals surface area contributed by atoms with E-state index in [4.69, 9.17) is 0 Å². The number of piperidine rings is 1. The van der Waals surface area contributed by atoms with Gasteiger partial charge in [0.2, 0.25) is 0 Å². The summed E-state index contributed by atoms with van der Waals surface area (Å²) < 4.78 is 27.1. The van der Waals surface area contributed by atoms with E-state index in [0.29, 0.717) is 24.2 Å². The standard InChI is InChI=1S/C16H22F2N2/c17-15-6-3-4-12(16(15)18)11-20-9-2-1-5-14(20)10-19-13-7-8-13/h3-4,6,13-14,19H,1-2,5,7-11H2. The fourth-order valence-electron chi connectivity index (χ4n) is 2.98. The number of nitrogens with one attached hydrogen (secondary N) is 1. The van der Waals surface area contributed by atoms with Crippen molar-refractivity contribution in [3.05, 3.63) is 35.4 Å². The van der Waals surface area contributed by atoms with Crippen molar-refractivity contribution >= 4 is 0 Å². The fraction of sp³-hybridized carbons (Fsp3) is 0.625. The van der Waals surface area contributed by atoms with Crippen LogP contribution in [0.25, 0.3) is 0 Å². The molecule has 1 heterocycles. The molecule has 1 saturated carbocycles. The van der Waals surface area contributed by atoms with Crippen LogP contribution < -0.4 is 5.32 Å². The highest BCUT2D eigenvalue weighted by atomic mass is 19.2. The highest BCUT2D eigenvalue weighted by Crippen LogP contribution is 2.23. The molecule has 0 aromatic heterocycles. The predicted octanol–water partition coefficient (Wildman–Crippen LogP) is 3.07. The summed E-state index contributed by atoms with van der Waals surface area (Å²) in [7, 11) is 0. The minimum atomic E-state index is -0.743. The first-order valence-corrected chi connectivity index (χ1v) is 7.64. The van der Waals surface area contributed by atoms with E-state index in [9.17, 15) is 8.78 Å². The van der Waals surface area contributed by atoms with Crippen LogP contribution in [0.1, 0.15) is 37.7 Å². The Labute approximate surface area is 119 Å². The molecule has 4 heteroatoms. The first-order valence-electron chi connectivity index (χ1n) is 7.64. The number of rotatable bonds is 5. The summed E-state index contributed by atoms with van der Waals surface area (Å²) in [4.78, 5) is 2.30. The van der Waals surface area contributed by atoms with Gasteiger partial charge in [-0.1, -0.05) is 18.6 Å². The Kier molecular flexibility index (Phi) is 4.32. The molecule has 1 atom stereocenters. The summed E-state index contributed by atoms with van der Waals surface area (Å²) >= 11 is 0. The van der Waals surface area contributed by atoms with Crippen LogP contribution in [0, 0.1) is 11.6 Å². The summed E-state index contributed by atoms with van der Waals surface area (Å²) in [6.07, 6.45) is 6.10. The first-order chi connectivity index (χ1) is 9.74. The average Bonchev–Trinajstić information content (AvgIpc) is 3.27. The Morgan fingerprint density at radius 1 is 1.15 bits per heavy atom. The van der Waals surface area contributed by atoms with E-state index in [1.165, 1.54) is 25.3 Å². The van der Waals surface area contributed by atoms with Gasteiger partial charge in [-0.25, -0.2) is 8.78 Å². The Bertz CT molecular complexity index is 460. The maximum absolute atomic E-state index is 13.8. The number of halogens is 2. The summed E-state index contributed by atoms with van der Waals surface area (Å²) in [5.41, 5.74) is 0.475. The van der Waals surface area contributed by atoms with Crippen LogP contribution >= 0.6 is 0 Å². The maximum atomic E-state index is 13.8. The predicted molar refractivity (Wildman–Crippen MR) is 75.4 cm³/mol. The van der Waals surface area contributed by atoms with Gasteiger partial charge in [0.05, 0.1) is 0 Å². The second-order valence-electron chi connectivity index (χ2n) is 6.02. The van der Waals surface area contributed by atoms with Crippen LogP contribution in [0.4, 0.5) is 8.78 Å². The minimum absolute atomic E-state index is 0.451. The molecule has 20 heavy (non-hydrogen) atoms. The quantitative estimate of drug-likeness (QED) is 0.891. The van der Waals surface area contributed by atoms with Gasteiger partial charge < -0.3 is 5.32 Å². The fourth-order valence-corrected chi connectivity index (χ4v) is 2.98. The molecule has 1 unspecified atom stereocenters. The van der Waals surface area contributed by atoms with Gasteiger partial charge in [-0.2, -0.15) is 0 Å². The zero-order chi connectivity index (χ0) is 13.9. The molecule has 1 aromatic rings. The lowest BCUT2D eigenvalue weighted by Crippen LogP contribution is -2.45. The number of nitrogens with zero attached hydrogens (tertiary/aromatic N) is 1. The number of hydrogen-bond acceptors (Lipinski definition) is 2. The Morgan fingerprint density at radius 3 is 2.80 bits per heavy atom. The van der Waals surface area contributed by atoms with Crippen molar-refractivity contribution in [1.29, 1.82) is 0 Å². The molecule has 3 rings (SSSR count). The van der Waals surface area contributed by atoms with E-state index in [1.54, 1.807) is 12.1 Å². The molecule has 1 aromatic carbocycles. The molecule has 110 valence electrons. The van der Waals surface area contributed by atoms with E-state index in [2.05, 4.69) is 10.2 Å². The normalized spacial score (nSPS) is 24.0. The molecule has 0 radical (unpaired) electrons. The van der Waals surface area contributed by atoms with E-state index in [-0.39, 0.29) is 0 Å². The van der Waals surface area contributed by atoms with Gasteiger partial charge in [0, 0.05) is 30.7 Å². The molecule has 1 aliphatic carbocycles. The Balaban J connectivity index is 1.64. The average molecular weight is 280 g/mol. The molecular weight excluding hydrogens is 258 g/mol. The third kappa shape index (κ3) is 3.36. The Morgan fingerprint density at radius 2 is 2.00 bits per heavy atom. The number of benzene rings is 1. The zero-order valence-corrected chi connectivity index (χ0v) is 11.7. The monoisotopic (exact) mass is 280 g/mol. The molecule has 1 aliphatic heterocycles. The smallest absolute Gasteiger partial charge is 0.163 e. The van der Waals surface area contributed by atoms with E-state index < -0.39 is 11.6 Å². The van der Waals surface area contributed by atoms with Gasteiger partial charge >= 0.3 is 0 Å². The molecule has 2 aliphatic rings. The van der Waals surface area contributed by atoms with Crippen molar-refractivity contribution < 1.29 is 8.78 Å². The zero-order valence-electron chi connectivity index (χ0n) is 11.7. The molecule has 1 N–H and O–H groups in total. The topological polar surface area (TPSA) is 15.3 Å². The van der Waals surface area contributed by atoms with Crippen molar-refractivity contribution in [3.8, 4) is 0 Å². The van der Waals surface area contributed by atoms with Crippen LogP contribution in [0.15, 0.2) is 18.2 Å². The lowest BCUT2D eigenvalue weighted by molar-refractivity contribution is 0.135. The molecule has 0 spiro atoms. The van der Waals surface area contributed by atoms with Crippen molar-refractivity contribution in [2.24, 2.45) is 0 Å². The SMILES string of the molecule is Fc1cccc(CN2CCCCC2CNC2CC2)c1F. The van der Waals surface area contributed by atoms with Crippen LogP contribution in [0.3, 0.4) is 0 Å². The van der Waals surface area contributed by atoms with Crippen LogP contribution in [0.5, 0.6) is 0 Å². The van der Waals surface area contributed by atoms with Gasteiger partial charge in [0.15, 0.2) is 11.6 Å². The van der Waals surface area contributed by atoms with Crippen molar-refractivity contribution in [3.63, 3.8) is 0 Å². The largest absolute Gasteiger partial charge is 0.312 e. The summed E-state index contributed by atoms with van der Waals surface area (Å²) in [6, 6.07) is 5.62. The third-order valence-electron chi connectivity index (χ3n) is 4.37. The maximum Gasteiger partial charge on any atom is 0.163 e. The third-order valence-corrected chi connectivity index (χ3v) is 4.37. The molecule has 2 nitrogen and oxygen atoms in total. The number of hydrogen-bond donors (Lipinski definition) is 1. The number of likely N-dealkylation sites (tertiary alicyclic amines) is 1. The molecule has 1 saturated heterocycles. The second kappa shape index (κ2) is 6.19. The van der Waals surface area contributed by atoms with Gasteiger partial charge in [-0.05, 0) is 38.3 Å². The minimum Gasteiger partial charge on any atom is -0.312 e. The molecule has 2 fully saturated rings.